The van der Waals surface area contributed by atoms with Gasteiger partial charge in [-0.1, -0.05) is 48.5 Å². The molecule has 26 heavy (non-hydrogen) atoms. The van der Waals surface area contributed by atoms with E-state index in [0.29, 0.717) is 5.69 Å². The van der Waals surface area contributed by atoms with Crippen molar-refractivity contribution in [2.24, 2.45) is 0 Å². The minimum absolute atomic E-state index is 0.222. The highest BCUT2D eigenvalue weighted by molar-refractivity contribution is 7.91. The van der Waals surface area contributed by atoms with Crippen LogP contribution in [0.5, 0.6) is 0 Å². The monoisotopic (exact) mass is 386 g/mol. The zero-order chi connectivity index (χ0) is 18.6. The summed E-state index contributed by atoms with van der Waals surface area (Å²) < 4.78 is 25.9. The van der Waals surface area contributed by atoms with Crippen molar-refractivity contribution in [1.82, 2.24) is 4.31 Å². The highest BCUT2D eigenvalue weighted by Crippen LogP contribution is 2.22. The first-order valence-corrected chi connectivity index (χ1v) is 10.2. The van der Waals surface area contributed by atoms with Crippen LogP contribution in [0, 0.1) is 0 Å². The van der Waals surface area contributed by atoms with Crippen molar-refractivity contribution in [2.45, 2.75) is 4.21 Å². The van der Waals surface area contributed by atoms with Gasteiger partial charge in [0.05, 0.1) is 6.54 Å². The number of amides is 1. The standard InChI is InChI=1S/C19H18N2O3S2/c1-21(26(23,24)19-8-5-13-25-19)14-18(22)20-17-11-9-16(10-12-17)15-6-3-2-4-7-15/h2-13H,14H2,1H3,(H,20,22). The molecular formula is C19H18N2O3S2. The molecule has 134 valence electrons. The van der Waals surface area contributed by atoms with E-state index >= 15 is 0 Å². The quantitative estimate of drug-likeness (QED) is 0.703. The van der Waals surface area contributed by atoms with Crippen LogP contribution in [0.25, 0.3) is 11.1 Å². The minimum Gasteiger partial charge on any atom is -0.325 e. The van der Waals surface area contributed by atoms with Crippen molar-refractivity contribution >= 4 is 33.0 Å². The maximum absolute atomic E-state index is 12.3. The molecule has 0 saturated heterocycles. The van der Waals surface area contributed by atoms with Crippen LogP contribution in [0.15, 0.2) is 76.3 Å². The molecule has 0 fully saturated rings. The number of benzene rings is 2. The Morgan fingerprint density at radius 1 is 0.962 bits per heavy atom. The molecule has 0 aliphatic carbocycles. The van der Waals surface area contributed by atoms with Crippen LogP contribution in [0.1, 0.15) is 0 Å². The number of sulfonamides is 1. The lowest BCUT2D eigenvalue weighted by Gasteiger charge is -2.15. The van der Waals surface area contributed by atoms with E-state index in [9.17, 15) is 13.2 Å². The molecular weight excluding hydrogens is 368 g/mol. The summed E-state index contributed by atoms with van der Waals surface area (Å²) >= 11 is 1.13. The minimum atomic E-state index is -3.63. The third-order valence-electron chi connectivity index (χ3n) is 3.80. The van der Waals surface area contributed by atoms with E-state index in [1.807, 2.05) is 42.5 Å². The first kappa shape index (κ1) is 18.3. The molecule has 0 unspecified atom stereocenters. The third-order valence-corrected chi connectivity index (χ3v) is 6.98. The third kappa shape index (κ3) is 4.19. The van der Waals surface area contributed by atoms with Gasteiger partial charge in [-0.3, -0.25) is 4.79 Å². The predicted octanol–water partition coefficient (Wildman–Crippen LogP) is 3.67. The summed E-state index contributed by atoms with van der Waals surface area (Å²) in [5, 5.41) is 4.42. The Labute approximate surface area is 157 Å². The first-order chi connectivity index (χ1) is 12.5. The Bertz CT molecular complexity index is 967. The summed E-state index contributed by atoms with van der Waals surface area (Å²) in [6, 6.07) is 20.5. The second-order valence-electron chi connectivity index (χ2n) is 5.68. The van der Waals surface area contributed by atoms with E-state index in [1.165, 1.54) is 13.1 Å². The average molecular weight is 386 g/mol. The lowest BCUT2D eigenvalue weighted by molar-refractivity contribution is -0.116. The molecule has 3 rings (SSSR count). The lowest BCUT2D eigenvalue weighted by atomic mass is 10.1. The Morgan fingerprint density at radius 2 is 1.62 bits per heavy atom. The van der Waals surface area contributed by atoms with E-state index in [4.69, 9.17) is 0 Å². The molecule has 0 bridgehead atoms. The van der Waals surface area contributed by atoms with Gasteiger partial charge in [-0.2, -0.15) is 4.31 Å². The summed E-state index contributed by atoms with van der Waals surface area (Å²) in [6.07, 6.45) is 0. The number of likely N-dealkylation sites (N-methyl/N-ethyl adjacent to an activating group) is 1. The van der Waals surface area contributed by atoms with Crippen LogP contribution < -0.4 is 5.32 Å². The molecule has 1 N–H and O–H groups in total. The van der Waals surface area contributed by atoms with Crippen LogP contribution >= 0.6 is 11.3 Å². The largest absolute Gasteiger partial charge is 0.325 e. The molecule has 1 amide bonds. The highest BCUT2D eigenvalue weighted by Gasteiger charge is 2.23. The predicted molar refractivity (Wildman–Crippen MR) is 105 cm³/mol. The van der Waals surface area contributed by atoms with Gasteiger partial charge in [-0.15, -0.1) is 11.3 Å². The topological polar surface area (TPSA) is 66.5 Å². The number of carbonyl (C=O) groups excluding carboxylic acids is 1. The van der Waals surface area contributed by atoms with Crippen molar-refractivity contribution < 1.29 is 13.2 Å². The number of anilines is 1. The number of hydrogen-bond acceptors (Lipinski definition) is 4. The van der Waals surface area contributed by atoms with E-state index in [-0.39, 0.29) is 16.7 Å². The van der Waals surface area contributed by atoms with E-state index in [2.05, 4.69) is 5.32 Å². The summed E-state index contributed by atoms with van der Waals surface area (Å²) in [5.74, 6) is -0.389. The SMILES string of the molecule is CN(CC(=O)Nc1ccc(-c2ccccc2)cc1)S(=O)(=O)c1cccs1. The van der Waals surface area contributed by atoms with Gasteiger partial charge >= 0.3 is 0 Å². The van der Waals surface area contributed by atoms with Crippen molar-refractivity contribution in [3.63, 3.8) is 0 Å². The molecule has 0 saturated carbocycles. The van der Waals surface area contributed by atoms with Crippen molar-refractivity contribution in [1.29, 1.82) is 0 Å². The van der Waals surface area contributed by atoms with Gasteiger partial charge in [0.1, 0.15) is 4.21 Å². The molecule has 5 nitrogen and oxygen atoms in total. The molecule has 1 heterocycles. The van der Waals surface area contributed by atoms with Gasteiger partial charge < -0.3 is 5.32 Å². The number of nitrogens with one attached hydrogen (secondary N) is 1. The number of carbonyl (C=O) groups is 1. The Hall–Kier alpha value is -2.48. The maximum Gasteiger partial charge on any atom is 0.252 e. The zero-order valence-corrected chi connectivity index (χ0v) is 15.8. The van der Waals surface area contributed by atoms with Crippen LogP contribution in [-0.4, -0.2) is 32.2 Å². The van der Waals surface area contributed by atoms with Crippen LogP contribution in [0.2, 0.25) is 0 Å². The van der Waals surface area contributed by atoms with Crippen molar-refractivity contribution in [2.75, 3.05) is 18.9 Å². The molecule has 0 aliphatic heterocycles. The first-order valence-electron chi connectivity index (χ1n) is 7.92. The van der Waals surface area contributed by atoms with Crippen LogP contribution in [-0.2, 0) is 14.8 Å². The molecule has 3 aromatic rings. The van der Waals surface area contributed by atoms with Gasteiger partial charge in [-0.25, -0.2) is 8.42 Å². The van der Waals surface area contributed by atoms with E-state index in [0.717, 1.165) is 26.8 Å². The molecule has 2 aromatic carbocycles. The molecule has 7 heteroatoms. The summed E-state index contributed by atoms with van der Waals surface area (Å²) in [7, 11) is -2.24. The maximum atomic E-state index is 12.3. The Balaban J connectivity index is 1.63. The molecule has 0 spiro atoms. The van der Waals surface area contributed by atoms with Gasteiger partial charge in [-0.05, 0) is 34.7 Å². The fourth-order valence-corrected chi connectivity index (χ4v) is 4.76. The smallest absolute Gasteiger partial charge is 0.252 e. The number of thiophene rings is 1. The van der Waals surface area contributed by atoms with E-state index in [1.54, 1.807) is 23.6 Å². The summed E-state index contributed by atoms with van der Waals surface area (Å²) in [4.78, 5) is 12.2. The zero-order valence-electron chi connectivity index (χ0n) is 14.1. The van der Waals surface area contributed by atoms with Gasteiger partial charge in [0, 0.05) is 12.7 Å². The Kier molecular flexibility index (Phi) is 5.51. The normalized spacial score (nSPS) is 11.5. The molecule has 0 aliphatic rings. The second kappa shape index (κ2) is 7.82. The van der Waals surface area contributed by atoms with Crippen LogP contribution in [0.4, 0.5) is 5.69 Å². The van der Waals surface area contributed by atoms with Gasteiger partial charge in [0.2, 0.25) is 5.91 Å². The fraction of sp³-hybridized carbons (Fsp3) is 0.105. The van der Waals surface area contributed by atoms with Crippen LogP contribution in [0.3, 0.4) is 0 Å². The number of rotatable bonds is 6. The van der Waals surface area contributed by atoms with Gasteiger partial charge in [0.25, 0.3) is 10.0 Å². The van der Waals surface area contributed by atoms with Gasteiger partial charge in [0.15, 0.2) is 0 Å². The highest BCUT2D eigenvalue weighted by atomic mass is 32.2. The number of hydrogen-bond donors (Lipinski definition) is 1. The van der Waals surface area contributed by atoms with Crippen molar-refractivity contribution in [3.05, 3.63) is 72.1 Å². The molecule has 1 aromatic heterocycles. The fourth-order valence-electron chi connectivity index (χ4n) is 2.43. The summed E-state index contributed by atoms with van der Waals surface area (Å²) in [5.41, 5.74) is 2.75. The average Bonchev–Trinajstić information content (AvgIpc) is 3.18. The molecule has 0 radical (unpaired) electrons. The van der Waals surface area contributed by atoms with E-state index < -0.39 is 10.0 Å². The van der Waals surface area contributed by atoms with Crippen molar-refractivity contribution in [3.8, 4) is 11.1 Å². The number of nitrogens with zero attached hydrogens (tertiary/aromatic N) is 1. The second-order valence-corrected chi connectivity index (χ2v) is 8.90. The lowest BCUT2D eigenvalue weighted by Crippen LogP contribution is -2.34. The Morgan fingerprint density at radius 3 is 2.23 bits per heavy atom. The summed E-state index contributed by atoms with van der Waals surface area (Å²) in [6.45, 7) is -0.249. The molecule has 0 atom stereocenters.